The number of hydrazone groups is 1. The van der Waals surface area contributed by atoms with Crippen LogP contribution in [0.5, 0.6) is 0 Å². The number of fused-ring (bicyclic) bond motifs is 1. The van der Waals surface area contributed by atoms with E-state index in [-0.39, 0.29) is 6.03 Å². The number of para-hydroxylation sites is 1. The van der Waals surface area contributed by atoms with Crippen molar-refractivity contribution in [3.05, 3.63) is 100 Å². The monoisotopic (exact) mass is 460 g/mol. The van der Waals surface area contributed by atoms with E-state index in [0.29, 0.717) is 0 Å². The summed E-state index contributed by atoms with van der Waals surface area (Å²) in [5.41, 5.74) is 7.65. The highest BCUT2D eigenvalue weighted by Gasteiger charge is 2.07. The fourth-order valence-electron chi connectivity index (χ4n) is 3.25. The number of hydrogen-bond donors (Lipinski definition) is 2. The lowest BCUT2D eigenvalue weighted by molar-refractivity contribution is 0.252. The van der Waals surface area contributed by atoms with Crippen LogP contribution in [-0.4, -0.2) is 16.8 Å². The molecule has 0 atom stereocenters. The molecule has 0 fully saturated rings. The summed E-state index contributed by atoms with van der Waals surface area (Å²) in [6, 6.07) is 23.7. The van der Waals surface area contributed by atoms with Crippen molar-refractivity contribution in [2.24, 2.45) is 5.10 Å². The molecule has 1 aromatic heterocycles. The lowest BCUT2D eigenvalue weighted by atomic mass is 10.2. The maximum atomic E-state index is 12.1. The van der Waals surface area contributed by atoms with Crippen LogP contribution in [0.3, 0.4) is 0 Å². The van der Waals surface area contributed by atoms with Gasteiger partial charge in [0.1, 0.15) is 0 Å². The van der Waals surface area contributed by atoms with Gasteiger partial charge >= 0.3 is 6.03 Å². The Balaban J connectivity index is 1.49. The second-order valence-corrected chi connectivity index (χ2v) is 7.96. The van der Waals surface area contributed by atoms with Crippen LogP contribution in [0, 0.1) is 6.92 Å². The summed E-state index contributed by atoms with van der Waals surface area (Å²) in [7, 11) is 0. The maximum absolute atomic E-state index is 12.1. The number of rotatable bonds is 5. The van der Waals surface area contributed by atoms with Crippen LogP contribution < -0.4 is 10.7 Å². The van der Waals surface area contributed by atoms with Crippen LogP contribution in [-0.2, 0) is 6.54 Å². The predicted octanol–water partition coefficient (Wildman–Crippen LogP) is 5.92. The quantitative estimate of drug-likeness (QED) is 0.282. The summed E-state index contributed by atoms with van der Waals surface area (Å²) in [5, 5.41) is 7.98. The van der Waals surface area contributed by atoms with E-state index >= 15 is 0 Å². The maximum Gasteiger partial charge on any atom is 0.339 e. The van der Waals surface area contributed by atoms with E-state index in [9.17, 15) is 4.79 Å². The summed E-state index contributed by atoms with van der Waals surface area (Å²) in [6.45, 7) is 2.75. The molecule has 0 aliphatic heterocycles. The first-order valence-electron chi connectivity index (χ1n) is 9.57. The Labute approximate surface area is 183 Å². The molecule has 5 nitrogen and oxygen atoms in total. The van der Waals surface area contributed by atoms with Crippen LogP contribution >= 0.6 is 15.9 Å². The number of nitrogens with one attached hydrogen (secondary N) is 2. The highest BCUT2D eigenvalue weighted by molar-refractivity contribution is 9.10. The number of aromatic nitrogens is 1. The Morgan fingerprint density at radius 1 is 1.03 bits per heavy atom. The Morgan fingerprint density at radius 3 is 2.53 bits per heavy atom. The number of benzene rings is 3. The summed E-state index contributed by atoms with van der Waals surface area (Å²) >= 11 is 3.47. The molecular formula is C24H21BrN4O. The summed E-state index contributed by atoms with van der Waals surface area (Å²) in [5.74, 6) is 0. The lowest BCUT2D eigenvalue weighted by Gasteiger charge is -2.05. The minimum atomic E-state index is -0.381. The lowest BCUT2D eigenvalue weighted by Crippen LogP contribution is -2.24. The van der Waals surface area contributed by atoms with Gasteiger partial charge in [-0.05, 0) is 42.8 Å². The third kappa shape index (κ3) is 4.78. The molecule has 0 aliphatic rings. The highest BCUT2D eigenvalue weighted by atomic mass is 79.9. The van der Waals surface area contributed by atoms with E-state index in [1.54, 1.807) is 6.21 Å². The number of amides is 2. The normalized spacial score (nSPS) is 11.1. The molecule has 0 bridgehead atoms. The zero-order valence-corrected chi connectivity index (χ0v) is 18.1. The molecule has 0 radical (unpaired) electrons. The van der Waals surface area contributed by atoms with Gasteiger partial charge in [-0.25, -0.2) is 10.2 Å². The molecule has 2 amide bonds. The summed E-state index contributed by atoms with van der Waals surface area (Å²) < 4.78 is 3.25. The van der Waals surface area contributed by atoms with Crippen molar-refractivity contribution in [1.29, 1.82) is 0 Å². The van der Waals surface area contributed by atoms with Gasteiger partial charge in [0.05, 0.1) is 6.21 Å². The number of carbonyl (C=O) groups is 1. The highest BCUT2D eigenvalue weighted by Crippen LogP contribution is 2.22. The predicted molar refractivity (Wildman–Crippen MR) is 126 cm³/mol. The molecule has 1 heterocycles. The number of anilines is 1. The van der Waals surface area contributed by atoms with Crippen LogP contribution in [0.1, 0.15) is 16.7 Å². The zero-order valence-electron chi connectivity index (χ0n) is 16.5. The first-order chi connectivity index (χ1) is 14.6. The third-order valence-corrected chi connectivity index (χ3v) is 5.29. The fraction of sp³-hybridized carbons (Fsp3) is 0.0833. The van der Waals surface area contributed by atoms with E-state index in [2.05, 4.69) is 66.8 Å². The third-order valence-electron chi connectivity index (χ3n) is 4.76. The van der Waals surface area contributed by atoms with Crippen molar-refractivity contribution in [3.8, 4) is 0 Å². The topological polar surface area (TPSA) is 58.4 Å². The smallest absolute Gasteiger partial charge is 0.339 e. The number of urea groups is 1. The minimum Gasteiger partial charge on any atom is -0.342 e. The average molecular weight is 461 g/mol. The number of aryl methyl sites for hydroxylation is 1. The Kier molecular flexibility index (Phi) is 5.95. The van der Waals surface area contributed by atoms with Gasteiger partial charge < -0.3 is 9.88 Å². The number of hydrogen-bond acceptors (Lipinski definition) is 2. The number of nitrogens with zero attached hydrogens (tertiary/aromatic N) is 2. The average Bonchev–Trinajstić information content (AvgIpc) is 3.09. The van der Waals surface area contributed by atoms with Gasteiger partial charge in [-0.15, -0.1) is 0 Å². The van der Waals surface area contributed by atoms with Gasteiger partial charge in [0.2, 0.25) is 0 Å². The molecule has 150 valence electrons. The van der Waals surface area contributed by atoms with E-state index < -0.39 is 0 Å². The summed E-state index contributed by atoms with van der Waals surface area (Å²) in [4.78, 5) is 12.1. The molecule has 6 heteroatoms. The molecule has 4 rings (SSSR count). The van der Waals surface area contributed by atoms with E-state index in [4.69, 9.17) is 0 Å². The van der Waals surface area contributed by atoms with Crippen molar-refractivity contribution in [3.63, 3.8) is 0 Å². The fourth-order valence-corrected chi connectivity index (χ4v) is 3.52. The Bertz CT molecular complexity index is 1190. The summed E-state index contributed by atoms with van der Waals surface area (Å²) in [6.07, 6.45) is 3.73. The van der Waals surface area contributed by atoms with Crippen molar-refractivity contribution in [1.82, 2.24) is 9.99 Å². The van der Waals surface area contributed by atoms with Gasteiger partial charge in [-0.3, -0.25) is 0 Å². The van der Waals surface area contributed by atoms with Crippen molar-refractivity contribution < 1.29 is 4.79 Å². The van der Waals surface area contributed by atoms with Gasteiger partial charge in [0.15, 0.2) is 0 Å². The molecule has 0 saturated heterocycles. The molecule has 2 N–H and O–H groups in total. The van der Waals surface area contributed by atoms with Gasteiger partial charge in [0.25, 0.3) is 0 Å². The Hall–Kier alpha value is -3.38. The van der Waals surface area contributed by atoms with Crippen molar-refractivity contribution in [2.45, 2.75) is 13.5 Å². The van der Waals surface area contributed by atoms with Crippen molar-refractivity contribution >= 4 is 44.8 Å². The number of halogens is 1. The van der Waals surface area contributed by atoms with Gasteiger partial charge in [0, 0.05) is 39.4 Å². The molecule has 4 aromatic rings. The number of carbonyl (C=O) groups excluding carboxylic acids is 1. The second-order valence-electron chi connectivity index (χ2n) is 7.05. The molecule has 30 heavy (non-hydrogen) atoms. The molecule has 3 aromatic carbocycles. The van der Waals surface area contributed by atoms with Crippen LogP contribution in [0.2, 0.25) is 0 Å². The van der Waals surface area contributed by atoms with E-state index in [1.807, 2.05) is 55.5 Å². The van der Waals surface area contributed by atoms with Gasteiger partial charge in [-0.2, -0.15) is 5.10 Å². The molecule has 0 aliphatic carbocycles. The standard InChI is InChI=1S/C24H21BrN4O/c1-17-6-12-21(13-7-17)27-24(30)28-26-14-19-16-29(23-5-3-2-4-22(19)23)15-18-8-10-20(25)11-9-18/h2-14,16H,15H2,1H3,(H2,27,28,30)/b26-14+. The second kappa shape index (κ2) is 8.97. The van der Waals surface area contributed by atoms with Crippen LogP contribution in [0.4, 0.5) is 10.5 Å². The molecular weight excluding hydrogens is 440 g/mol. The minimum absolute atomic E-state index is 0.381. The molecule has 0 saturated carbocycles. The van der Waals surface area contributed by atoms with E-state index in [0.717, 1.165) is 38.7 Å². The van der Waals surface area contributed by atoms with Crippen LogP contribution in [0.15, 0.2) is 88.6 Å². The first kappa shape index (κ1) is 19.9. The van der Waals surface area contributed by atoms with Crippen molar-refractivity contribution in [2.75, 3.05) is 5.32 Å². The largest absolute Gasteiger partial charge is 0.342 e. The van der Waals surface area contributed by atoms with Crippen LogP contribution in [0.25, 0.3) is 10.9 Å². The Morgan fingerprint density at radius 2 is 1.77 bits per heavy atom. The molecule has 0 unspecified atom stereocenters. The van der Waals surface area contributed by atoms with Gasteiger partial charge in [-0.1, -0.05) is 64.0 Å². The SMILES string of the molecule is Cc1ccc(NC(=O)N/N=C/c2cn(Cc3ccc(Br)cc3)c3ccccc23)cc1. The first-order valence-corrected chi connectivity index (χ1v) is 10.4. The molecule has 0 spiro atoms. The van der Waals surface area contributed by atoms with E-state index in [1.165, 1.54) is 5.56 Å². The zero-order chi connectivity index (χ0) is 20.9.